The molecule has 1 unspecified atom stereocenters. The van der Waals surface area contributed by atoms with Gasteiger partial charge in [-0.15, -0.1) is 0 Å². The summed E-state index contributed by atoms with van der Waals surface area (Å²) < 4.78 is 42.5. The van der Waals surface area contributed by atoms with Crippen molar-refractivity contribution in [2.45, 2.75) is 75.1 Å². The van der Waals surface area contributed by atoms with Crippen LogP contribution in [0.1, 0.15) is 73.4 Å². The molecule has 2 aromatic carbocycles. The van der Waals surface area contributed by atoms with Crippen LogP contribution in [0, 0.1) is 23.7 Å². The van der Waals surface area contributed by atoms with Gasteiger partial charge in [0, 0.05) is 36.2 Å². The highest BCUT2D eigenvalue weighted by molar-refractivity contribution is 7.90. The normalized spacial score (nSPS) is 34.0. The van der Waals surface area contributed by atoms with Gasteiger partial charge in [0.2, 0.25) is 10.0 Å². The lowest BCUT2D eigenvalue weighted by atomic mass is 9.68. The number of allylic oxidation sites excluding steroid dienone is 1. The molecule has 0 radical (unpaired) electrons. The van der Waals surface area contributed by atoms with E-state index in [0.717, 1.165) is 74.5 Å². The van der Waals surface area contributed by atoms with Crippen LogP contribution in [0.25, 0.3) is 0 Å². The highest BCUT2D eigenvalue weighted by Crippen LogP contribution is 2.47. The standard InChI is InChI=1S/C35H43ClN2O5S/c1-22-5-3-7-31(42-2)28-13-10-26(28)19-38-20-35(16-4-6-24-17-27(36)12-14-29(24)35)21-43-32-15-11-25(18-30(32)38)34(39)37-44(40,41)33(22)23-8-9-23/h3,7,11-12,14-15,17-18,22-23,26,28,31,33H,4-6,8-10,13,16,19-21H2,1-2H3,(H,37,39)/b7-3+/t22-,26-,28+,31-,33?,35-/m0/s1. The van der Waals surface area contributed by atoms with Gasteiger partial charge in [0.1, 0.15) is 5.75 Å². The van der Waals surface area contributed by atoms with E-state index in [9.17, 15) is 13.2 Å². The fourth-order valence-electron chi connectivity index (χ4n) is 8.45. The molecule has 1 spiro atoms. The number of rotatable bonds is 2. The van der Waals surface area contributed by atoms with Gasteiger partial charge in [-0.3, -0.25) is 4.79 Å². The van der Waals surface area contributed by atoms with Crippen LogP contribution in [0.3, 0.4) is 0 Å². The summed E-state index contributed by atoms with van der Waals surface area (Å²) in [6.45, 7) is 4.07. The van der Waals surface area contributed by atoms with Gasteiger partial charge < -0.3 is 14.4 Å². The summed E-state index contributed by atoms with van der Waals surface area (Å²) in [5, 5.41) is 0.144. The van der Waals surface area contributed by atoms with Crippen LogP contribution in [-0.2, 0) is 26.6 Å². The summed E-state index contributed by atoms with van der Waals surface area (Å²) in [6, 6.07) is 11.6. The lowest BCUT2D eigenvalue weighted by Gasteiger charge is -2.46. The molecule has 236 valence electrons. The molecular weight excluding hydrogens is 596 g/mol. The number of nitrogens with one attached hydrogen (secondary N) is 1. The van der Waals surface area contributed by atoms with Gasteiger partial charge in [0.15, 0.2) is 0 Å². The van der Waals surface area contributed by atoms with Crippen molar-refractivity contribution < 1.29 is 22.7 Å². The van der Waals surface area contributed by atoms with Gasteiger partial charge in [-0.05, 0) is 116 Å². The van der Waals surface area contributed by atoms with E-state index in [1.165, 1.54) is 11.1 Å². The number of aryl methyl sites for hydroxylation is 1. The third-order valence-electron chi connectivity index (χ3n) is 11.0. The molecule has 2 aliphatic heterocycles. The molecule has 2 aromatic rings. The van der Waals surface area contributed by atoms with Crippen LogP contribution in [0.15, 0.2) is 48.6 Å². The molecular formula is C35H43ClN2O5S. The molecule has 3 aliphatic carbocycles. The number of halogens is 1. The monoisotopic (exact) mass is 638 g/mol. The third kappa shape index (κ3) is 5.56. The summed E-state index contributed by atoms with van der Waals surface area (Å²) in [7, 11) is -2.11. The summed E-state index contributed by atoms with van der Waals surface area (Å²) in [5.74, 6) is 0.903. The lowest BCUT2D eigenvalue weighted by Crippen LogP contribution is -2.49. The molecule has 2 bridgehead atoms. The van der Waals surface area contributed by atoms with E-state index in [2.05, 4.69) is 33.9 Å². The quantitative estimate of drug-likeness (QED) is 0.390. The number of anilines is 1. The highest BCUT2D eigenvalue weighted by atomic mass is 35.5. The average Bonchev–Trinajstić information content (AvgIpc) is 3.82. The summed E-state index contributed by atoms with van der Waals surface area (Å²) in [4.78, 5) is 16.0. The van der Waals surface area contributed by atoms with E-state index in [0.29, 0.717) is 30.4 Å². The Hall–Kier alpha value is -2.55. The van der Waals surface area contributed by atoms with Crippen LogP contribution in [-0.4, -0.2) is 52.5 Å². The van der Waals surface area contributed by atoms with E-state index in [1.54, 1.807) is 13.2 Å². The van der Waals surface area contributed by atoms with Crippen molar-refractivity contribution in [3.63, 3.8) is 0 Å². The first kappa shape index (κ1) is 30.1. The summed E-state index contributed by atoms with van der Waals surface area (Å²) in [6.07, 6.45) is 11.9. The van der Waals surface area contributed by atoms with E-state index in [-0.39, 0.29) is 23.4 Å². The van der Waals surface area contributed by atoms with Crippen molar-refractivity contribution in [3.05, 3.63) is 70.3 Å². The predicted octanol–water partition coefficient (Wildman–Crippen LogP) is 6.29. The zero-order chi connectivity index (χ0) is 30.6. The second kappa shape index (κ2) is 11.7. The van der Waals surface area contributed by atoms with E-state index in [4.69, 9.17) is 21.1 Å². The number of methoxy groups -OCH3 is 1. The number of amides is 1. The first-order chi connectivity index (χ1) is 21.2. The average molecular weight is 639 g/mol. The maximum atomic E-state index is 13.7. The van der Waals surface area contributed by atoms with E-state index >= 15 is 0 Å². The van der Waals surface area contributed by atoms with Crippen LogP contribution in [0.2, 0.25) is 5.02 Å². The van der Waals surface area contributed by atoms with Crippen molar-refractivity contribution in [3.8, 4) is 5.75 Å². The van der Waals surface area contributed by atoms with Crippen molar-refractivity contribution in [2.24, 2.45) is 23.7 Å². The van der Waals surface area contributed by atoms with Crippen LogP contribution in [0.5, 0.6) is 5.75 Å². The minimum absolute atomic E-state index is 0.0231. The van der Waals surface area contributed by atoms with Crippen molar-refractivity contribution in [1.29, 1.82) is 0 Å². The number of benzene rings is 2. The number of carbonyl (C=O) groups excluding carboxylic acids is 1. The number of fused-ring (bicyclic) bond motifs is 4. The molecule has 1 N–H and O–H groups in total. The van der Waals surface area contributed by atoms with Crippen molar-refractivity contribution >= 4 is 33.2 Å². The smallest absolute Gasteiger partial charge is 0.264 e. The third-order valence-corrected chi connectivity index (χ3v) is 13.3. The number of hydrogen-bond acceptors (Lipinski definition) is 6. The van der Waals surface area contributed by atoms with Gasteiger partial charge in [-0.25, -0.2) is 13.1 Å². The molecule has 2 fully saturated rings. The zero-order valence-corrected chi connectivity index (χ0v) is 27.2. The van der Waals surface area contributed by atoms with E-state index < -0.39 is 21.2 Å². The zero-order valence-electron chi connectivity index (χ0n) is 25.6. The SMILES string of the molecule is CO[C@H]1/C=C/C[C@H](C)C(C2CC2)S(=O)(=O)NC(=O)c2ccc3c(c2)N(C[C@@H]2CC[C@H]21)C[C@@]1(CCCc2cc(Cl)ccc21)CO3. The Kier molecular flexibility index (Phi) is 7.99. The van der Waals surface area contributed by atoms with Crippen LogP contribution < -0.4 is 14.4 Å². The Balaban J connectivity index is 1.30. The molecule has 9 heteroatoms. The fraction of sp³-hybridized carbons (Fsp3) is 0.571. The van der Waals surface area contributed by atoms with E-state index in [1.807, 2.05) is 25.1 Å². The van der Waals surface area contributed by atoms with Crippen LogP contribution >= 0.6 is 11.6 Å². The van der Waals surface area contributed by atoms with Crippen molar-refractivity contribution in [2.75, 3.05) is 31.7 Å². The first-order valence-corrected chi connectivity index (χ1v) is 18.2. The van der Waals surface area contributed by atoms with Crippen LogP contribution in [0.4, 0.5) is 5.69 Å². The fourth-order valence-corrected chi connectivity index (χ4v) is 10.7. The maximum absolute atomic E-state index is 13.7. The van der Waals surface area contributed by atoms with Gasteiger partial charge in [0.25, 0.3) is 5.91 Å². The molecule has 44 heavy (non-hydrogen) atoms. The molecule has 2 heterocycles. The number of nitrogens with zero attached hydrogens (tertiary/aromatic N) is 1. The first-order valence-electron chi connectivity index (χ1n) is 16.2. The highest BCUT2D eigenvalue weighted by Gasteiger charge is 2.46. The minimum atomic E-state index is -3.88. The molecule has 6 atom stereocenters. The molecule has 7 rings (SSSR count). The van der Waals surface area contributed by atoms with Gasteiger partial charge >= 0.3 is 0 Å². The number of carbonyl (C=O) groups is 1. The van der Waals surface area contributed by atoms with Crippen molar-refractivity contribution in [1.82, 2.24) is 4.72 Å². The van der Waals surface area contributed by atoms with Gasteiger partial charge in [0.05, 0.1) is 23.6 Å². The molecule has 7 nitrogen and oxygen atoms in total. The second-order valence-electron chi connectivity index (χ2n) is 13.9. The molecule has 5 aliphatic rings. The number of hydrogen-bond donors (Lipinski definition) is 1. The molecule has 0 aromatic heterocycles. The predicted molar refractivity (Wildman–Crippen MR) is 173 cm³/mol. The summed E-state index contributed by atoms with van der Waals surface area (Å²) >= 11 is 6.42. The maximum Gasteiger partial charge on any atom is 0.264 e. The van der Waals surface area contributed by atoms with Gasteiger partial charge in [-0.1, -0.05) is 36.7 Å². The largest absolute Gasteiger partial charge is 0.490 e. The lowest BCUT2D eigenvalue weighted by molar-refractivity contribution is 0.0131. The van der Waals surface area contributed by atoms with Gasteiger partial charge in [-0.2, -0.15) is 0 Å². The molecule has 1 amide bonds. The minimum Gasteiger partial charge on any atom is -0.490 e. The Morgan fingerprint density at radius 2 is 1.91 bits per heavy atom. The number of ether oxygens (including phenoxy) is 2. The topological polar surface area (TPSA) is 84.9 Å². The Morgan fingerprint density at radius 3 is 2.66 bits per heavy atom. The summed E-state index contributed by atoms with van der Waals surface area (Å²) in [5.41, 5.74) is 3.53. The Labute approximate surface area is 266 Å². The number of sulfonamides is 1. The second-order valence-corrected chi connectivity index (χ2v) is 16.2. The Morgan fingerprint density at radius 1 is 1.09 bits per heavy atom. The Bertz CT molecular complexity index is 1570. The molecule has 2 saturated carbocycles. The molecule has 0 saturated heterocycles.